The van der Waals surface area contributed by atoms with Crippen LogP contribution in [0.3, 0.4) is 0 Å². The van der Waals surface area contributed by atoms with Gasteiger partial charge in [-0.15, -0.1) is 0 Å². The number of carbonyl (C=O) groups excluding carboxylic acids is 1. The van der Waals surface area contributed by atoms with Crippen molar-refractivity contribution in [1.82, 2.24) is 4.98 Å². The van der Waals surface area contributed by atoms with Gasteiger partial charge in [0.15, 0.2) is 0 Å². The largest absolute Gasteiger partial charge is 0.369 e. The van der Waals surface area contributed by atoms with Gasteiger partial charge in [0.25, 0.3) is 5.91 Å². The van der Waals surface area contributed by atoms with Crippen LogP contribution in [0.2, 0.25) is 10.0 Å². The molecule has 0 saturated carbocycles. The van der Waals surface area contributed by atoms with E-state index < -0.39 is 0 Å². The van der Waals surface area contributed by atoms with Crippen molar-refractivity contribution in [3.8, 4) is 0 Å². The van der Waals surface area contributed by atoms with E-state index in [4.69, 9.17) is 23.2 Å². The average Bonchev–Trinajstić information content (AvgIpc) is 2.48. The van der Waals surface area contributed by atoms with Gasteiger partial charge in [0.2, 0.25) is 0 Å². The first kappa shape index (κ1) is 15.6. The lowest BCUT2D eigenvalue weighted by Crippen LogP contribution is -2.13. The molecule has 6 heteroatoms. The molecule has 1 heterocycles. The van der Waals surface area contributed by atoms with Crippen LogP contribution >= 0.6 is 23.2 Å². The fourth-order valence-electron chi connectivity index (χ4n) is 1.67. The van der Waals surface area contributed by atoms with E-state index in [-0.39, 0.29) is 5.91 Å². The monoisotopic (exact) mass is 323 g/mol. The molecule has 2 N–H and O–H groups in total. The third-order valence-corrected chi connectivity index (χ3v) is 3.29. The Morgan fingerprint density at radius 2 is 1.95 bits per heavy atom. The molecule has 2 rings (SSSR count). The maximum Gasteiger partial charge on any atom is 0.257 e. The highest BCUT2D eigenvalue weighted by Crippen LogP contribution is 2.21. The summed E-state index contributed by atoms with van der Waals surface area (Å²) >= 11 is 11.9. The summed E-state index contributed by atoms with van der Waals surface area (Å²) in [6, 6.07) is 8.47. The van der Waals surface area contributed by atoms with E-state index in [1.165, 1.54) is 6.20 Å². The van der Waals surface area contributed by atoms with Crippen LogP contribution < -0.4 is 10.6 Å². The summed E-state index contributed by atoms with van der Waals surface area (Å²) in [5.74, 6) is 0.315. The Bertz CT molecular complexity index is 629. The van der Waals surface area contributed by atoms with E-state index in [1.54, 1.807) is 30.3 Å². The number of benzene rings is 1. The topological polar surface area (TPSA) is 54.0 Å². The minimum atomic E-state index is -0.270. The molecule has 110 valence electrons. The van der Waals surface area contributed by atoms with Crippen LogP contribution in [0, 0.1) is 0 Å². The number of halogens is 2. The number of carbonyl (C=O) groups is 1. The number of nitrogens with one attached hydrogen (secondary N) is 2. The Balaban J connectivity index is 2.08. The van der Waals surface area contributed by atoms with Crippen molar-refractivity contribution in [2.45, 2.75) is 13.3 Å². The minimum Gasteiger partial charge on any atom is -0.369 e. The normalized spacial score (nSPS) is 10.2. The zero-order valence-electron chi connectivity index (χ0n) is 11.5. The maximum atomic E-state index is 12.1. The van der Waals surface area contributed by atoms with Gasteiger partial charge in [0.1, 0.15) is 5.82 Å². The molecule has 1 aromatic carbocycles. The molecule has 0 unspecified atom stereocenters. The van der Waals surface area contributed by atoms with Crippen molar-refractivity contribution in [3.05, 3.63) is 52.1 Å². The summed E-state index contributed by atoms with van der Waals surface area (Å²) < 4.78 is 0. The summed E-state index contributed by atoms with van der Waals surface area (Å²) in [5, 5.41) is 6.89. The van der Waals surface area contributed by atoms with Crippen LogP contribution in [-0.2, 0) is 0 Å². The van der Waals surface area contributed by atoms with Crippen molar-refractivity contribution < 1.29 is 4.79 Å². The number of pyridine rings is 1. The second-order valence-corrected chi connectivity index (χ2v) is 5.29. The highest BCUT2D eigenvalue weighted by atomic mass is 35.5. The van der Waals surface area contributed by atoms with Gasteiger partial charge in [0, 0.05) is 23.5 Å². The lowest BCUT2D eigenvalue weighted by atomic mass is 10.2. The van der Waals surface area contributed by atoms with Gasteiger partial charge in [-0.05, 0) is 36.8 Å². The summed E-state index contributed by atoms with van der Waals surface area (Å²) in [5.41, 5.74) is 1.06. The summed E-state index contributed by atoms with van der Waals surface area (Å²) in [6.07, 6.45) is 2.46. The highest BCUT2D eigenvalue weighted by Gasteiger charge is 2.10. The molecule has 1 amide bonds. The van der Waals surface area contributed by atoms with Crippen molar-refractivity contribution in [3.63, 3.8) is 0 Å². The van der Waals surface area contributed by atoms with Crippen LogP contribution in [0.5, 0.6) is 0 Å². The SMILES string of the molecule is CCCNc1ncc(C(=O)Nc2ccc(Cl)cc2)cc1Cl. The Hall–Kier alpha value is -1.78. The van der Waals surface area contributed by atoms with Crippen LogP contribution in [0.25, 0.3) is 0 Å². The number of rotatable bonds is 5. The van der Waals surface area contributed by atoms with Crippen LogP contribution in [0.15, 0.2) is 36.5 Å². The van der Waals surface area contributed by atoms with E-state index in [9.17, 15) is 4.79 Å². The second-order valence-electron chi connectivity index (χ2n) is 4.44. The van der Waals surface area contributed by atoms with Crippen LogP contribution in [-0.4, -0.2) is 17.4 Å². The van der Waals surface area contributed by atoms with Gasteiger partial charge in [-0.2, -0.15) is 0 Å². The number of hydrogen-bond acceptors (Lipinski definition) is 3. The summed E-state index contributed by atoms with van der Waals surface area (Å²) in [4.78, 5) is 16.3. The van der Waals surface area contributed by atoms with E-state index in [2.05, 4.69) is 22.5 Å². The van der Waals surface area contributed by atoms with E-state index in [0.717, 1.165) is 13.0 Å². The van der Waals surface area contributed by atoms with Crippen LogP contribution in [0.4, 0.5) is 11.5 Å². The maximum absolute atomic E-state index is 12.1. The molecule has 0 saturated heterocycles. The predicted molar refractivity (Wildman–Crippen MR) is 87.4 cm³/mol. The van der Waals surface area contributed by atoms with E-state index in [1.807, 2.05) is 0 Å². The first-order chi connectivity index (χ1) is 10.1. The highest BCUT2D eigenvalue weighted by molar-refractivity contribution is 6.33. The number of anilines is 2. The van der Waals surface area contributed by atoms with Crippen molar-refractivity contribution >= 4 is 40.6 Å². The molecule has 4 nitrogen and oxygen atoms in total. The molecule has 21 heavy (non-hydrogen) atoms. The molecule has 2 aromatic rings. The van der Waals surface area contributed by atoms with Gasteiger partial charge in [-0.3, -0.25) is 4.79 Å². The third kappa shape index (κ3) is 4.34. The number of nitrogens with zero attached hydrogens (tertiary/aromatic N) is 1. The summed E-state index contributed by atoms with van der Waals surface area (Å²) in [7, 11) is 0. The lowest BCUT2D eigenvalue weighted by molar-refractivity contribution is 0.102. The van der Waals surface area contributed by atoms with E-state index >= 15 is 0 Å². The molecular formula is C15H15Cl2N3O. The minimum absolute atomic E-state index is 0.270. The first-order valence-corrected chi connectivity index (χ1v) is 7.32. The zero-order chi connectivity index (χ0) is 15.2. The molecule has 0 aliphatic rings. The molecule has 0 bridgehead atoms. The predicted octanol–water partition coefficient (Wildman–Crippen LogP) is 4.46. The molecule has 0 spiro atoms. The molecule has 0 aliphatic carbocycles. The smallest absolute Gasteiger partial charge is 0.257 e. The molecular weight excluding hydrogens is 309 g/mol. The molecule has 0 fully saturated rings. The average molecular weight is 324 g/mol. The fourth-order valence-corrected chi connectivity index (χ4v) is 2.03. The Labute approximate surface area is 133 Å². The molecule has 0 atom stereocenters. The summed E-state index contributed by atoms with van der Waals surface area (Å²) in [6.45, 7) is 2.83. The second kappa shape index (κ2) is 7.29. The number of aromatic nitrogens is 1. The number of amides is 1. The van der Waals surface area contributed by atoms with Crippen molar-refractivity contribution in [2.75, 3.05) is 17.2 Å². The van der Waals surface area contributed by atoms with Gasteiger partial charge >= 0.3 is 0 Å². The Morgan fingerprint density at radius 3 is 2.57 bits per heavy atom. The third-order valence-electron chi connectivity index (χ3n) is 2.75. The van der Waals surface area contributed by atoms with Gasteiger partial charge in [-0.25, -0.2) is 4.98 Å². The first-order valence-electron chi connectivity index (χ1n) is 6.56. The zero-order valence-corrected chi connectivity index (χ0v) is 13.0. The molecule has 0 radical (unpaired) electrons. The number of hydrogen-bond donors (Lipinski definition) is 2. The molecule has 0 aliphatic heterocycles. The Morgan fingerprint density at radius 1 is 1.24 bits per heavy atom. The van der Waals surface area contributed by atoms with Crippen molar-refractivity contribution in [1.29, 1.82) is 0 Å². The van der Waals surface area contributed by atoms with E-state index in [0.29, 0.717) is 27.1 Å². The fraction of sp³-hybridized carbons (Fsp3) is 0.200. The van der Waals surface area contributed by atoms with Gasteiger partial charge in [0.05, 0.1) is 10.6 Å². The Kier molecular flexibility index (Phi) is 5.42. The van der Waals surface area contributed by atoms with Crippen LogP contribution in [0.1, 0.15) is 23.7 Å². The molecule has 1 aromatic heterocycles. The van der Waals surface area contributed by atoms with Gasteiger partial charge in [-0.1, -0.05) is 30.1 Å². The lowest BCUT2D eigenvalue weighted by Gasteiger charge is -2.09. The quantitative estimate of drug-likeness (QED) is 0.853. The standard InChI is InChI=1S/C15H15Cl2N3O/c1-2-7-18-14-13(17)8-10(9-19-14)15(21)20-12-5-3-11(16)4-6-12/h3-6,8-9H,2,7H2,1H3,(H,18,19)(H,20,21). The van der Waals surface area contributed by atoms with Crippen molar-refractivity contribution in [2.24, 2.45) is 0 Å². The van der Waals surface area contributed by atoms with Gasteiger partial charge < -0.3 is 10.6 Å².